The van der Waals surface area contributed by atoms with E-state index < -0.39 is 0 Å². The molecule has 2 unspecified atom stereocenters. The third-order valence-corrected chi connectivity index (χ3v) is 2.65. The van der Waals surface area contributed by atoms with Crippen molar-refractivity contribution in [1.82, 2.24) is 15.5 Å². The molecule has 0 aromatic carbocycles. The first kappa shape index (κ1) is 10.3. The van der Waals surface area contributed by atoms with Gasteiger partial charge in [0.1, 0.15) is 0 Å². The minimum absolute atomic E-state index is 0.0681. The standard InChI is InChI=1S/C9H19N3O/c1-7-6-12(3)5-4-8(7)11-9(13)10-2/h7-8H,4-6H2,1-3H3,(H2,10,11,13). The molecule has 76 valence electrons. The summed E-state index contributed by atoms with van der Waals surface area (Å²) in [6.07, 6.45) is 1.05. The minimum atomic E-state index is -0.0681. The zero-order valence-electron chi connectivity index (χ0n) is 8.63. The summed E-state index contributed by atoms with van der Waals surface area (Å²) in [5.74, 6) is 0.538. The molecule has 1 aliphatic heterocycles. The Morgan fingerprint density at radius 2 is 2.23 bits per heavy atom. The van der Waals surface area contributed by atoms with E-state index in [1.165, 1.54) is 0 Å². The number of carbonyl (C=O) groups is 1. The number of rotatable bonds is 1. The lowest BCUT2D eigenvalue weighted by Gasteiger charge is -2.34. The van der Waals surface area contributed by atoms with Crippen molar-refractivity contribution in [2.24, 2.45) is 5.92 Å². The van der Waals surface area contributed by atoms with E-state index in [2.05, 4.69) is 29.5 Å². The van der Waals surface area contributed by atoms with Crippen LogP contribution in [0.2, 0.25) is 0 Å². The van der Waals surface area contributed by atoms with Gasteiger partial charge < -0.3 is 15.5 Å². The fraction of sp³-hybridized carbons (Fsp3) is 0.889. The van der Waals surface area contributed by atoms with Crippen molar-refractivity contribution in [2.75, 3.05) is 27.2 Å². The Morgan fingerprint density at radius 1 is 1.54 bits per heavy atom. The number of nitrogens with one attached hydrogen (secondary N) is 2. The lowest BCUT2D eigenvalue weighted by atomic mass is 9.94. The highest BCUT2D eigenvalue weighted by Gasteiger charge is 2.24. The Kier molecular flexibility index (Phi) is 3.54. The van der Waals surface area contributed by atoms with Gasteiger partial charge in [0.05, 0.1) is 0 Å². The van der Waals surface area contributed by atoms with Gasteiger partial charge in [-0.15, -0.1) is 0 Å². The SMILES string of the molecule is CNC(=O)NC1CCN(C)CC1C. The summed E-state index contributed by atoms with van der Waals surface area (Å²) >= 11 is 0. The largest absolute Gasteiger partial charge is 0.341 e. The summed E-state index contributed by atoms with van der Waals surface area (Å²) < 4.78 is 0. The molecule has 4 heteroatoms. The van der Waals surface area contributed by atoms with Gasteiger partial charge in [-0.3, -0.25) is 0 Å². The van der Waals surface area contributed by atoms with Gasteiger partial charge in [0, 0.05) is 19.6 Å². The molecule has 0 aromatic heterocycles. The Bertz CT molecular complexity index is 184. The first-order chi connectivity index (χ1) is 6.13. The number of piperidine rings is 1. The molecule has 1 saturated heterocycles. The second-order valence-corrected chi connectivity index (χ2v) is 3.86. The highest BCUT2D eigenvalue weighted by molar-refractivity contribution is 5.73. The van der Waals surface area contributed by atoms with Gasteiger partial charge in [-0.25, -0.2) is 4.79 Å². The summed E-state index contributed by atoms with van der Waals surface area (Å²) in [6, 6.07) is 0.262. The minimum Gasteiger partial charge on any atom is -0.341 e. The summed E-state index contributed by atoms with van der Waals surface area (Å²) in [5.41, 5.74) is 0. The van der Waals surface area contributed by atoms with Crippen molar-refractivity contribution >= 4 is 6.03 Å². The number of hydrogen-bond acceptors (Lipinski definition) is 2. The lowest BCUT2D eigenvalue weighted by molar-refractivity contribution is 0.173. The number of nitrogens with zero attached hydrogens (tertiary/aromatic N) is 1. The Morgan fingerprint density at radius 3 is 2.77 bits per heavy atom. The summed E-state index contributed by atoms with van der Waals surface area (Å²) in [6.45, 7) is 4.31. The first-order valence-electron chi connectivity index (χ1n) is 4.80. The maximum atomic E-state index is 11.1. The van der Waals surface area contributed by atoms with Crippen LogP contribution >= 0.6 is 0 Å². The van der Waals surface area contributed by atoms with Crippen molar-refractivity contribution in [3.63, 3.8) is 0 Å². The summed E-state index contributed by atoms with van der Waals surface area (Å²) in [4.78, 5) is 13.4. The van der Waals surface area contributed by atoms with Crippen LogP contribution in [0.15, 0.2) is 0 Å². The number of hydrogen-bond donors (Lipinski definition) is 2. The van der Waals surface area contributed by atoms with Crippen molar-refractivity contribution in [3.8, 4) is 0 Å². The van der Waals surface area contributed by atoms with E-state index in [1.807, 2.05) is 0 Å². The molecule has 0 bridgehead atoms. The van der Waals surface area contributed by atoms with Gasteiger partial charge in [-0.1, -0.05) is 6.92 Å². The van der Waals surface area contributed by atoms with E-state index in [4.69, 9.17) is 0 Å². The maximum absolute atomic E-state index is 11.1. The van der Waals surface area contributed by atoms with Crippen LogP contribution in [0.1, 0.15) is 13.3 Å². The molecule has 0 saturated carbocycles. The zero-order chi connectivity index (χ0) is 9.84. The second-order valence-electron chi connectivity index (χ2n) is 3.86. The van der Waals surface area contributed by atoms with Crippen LogP contribution in [0.25, 0.3) is 0 Å². The van der Waals surface area contributed by atoms with Crippen LogP contribution in [0, 0.1) is 5.92 Å². The second kappa shape index (κ2) is 4.46. The van der Waals surface area contributed by atoms with E-state index >= 15 is 0 Å². The average molecular weight is 185 g/mol. The molecular weight excluding hydrogens is 166 g/mol. The molecule has 0 radical (unpaired) electrons. The molecule has 1 rings (SSSR count). The normalized spacial score (nSPS) is 29.8. The molecule has 1 fully saturated rings. The number of carbonyl (C=O) groups excluding carboxylic acids is 1. The van der Waals surface area contributed by atoms with Crippen molar-refractivity contribution < 1.29 is 4.79 Å². The molecule has 2 N–H and O–H groups in total. The van der Waals surface area contributed by atoms with Crippen LogP contribution in [0.5, 0.6) is 0 Å². The maximum Gasteiger partial charge on any atom is 0.314 e. The molecule has 1 heterocycles. The topological polar surface area (TPSA) is 44.4 Å². The molecular formula is C9H19N3O. The predicted molar refractivity (Wildman–Crippen MR) is 52.7 cm³/mol. The molecule has 4 nitrogen and oxygen atoms in total. The molecule has 2 amide bonds. The fourth-order valence-electron chi connectivity index (χ4n) is 1.81. The van der Waals surface area contributed by atoms with Gasteiger partial charge in [0.15, 0.2) is 0 Å². The summed E-state index contributed by atoms with van der Waals surface area (Å²) in [5, 5.41) is 5.54. The van der Waals surface area contributed by atoms with Gasteiger partial charge in [-0.2, -0.15) is 0 Å². The highest BCUT2D eigenvalue weighted by atomic mass is 16.2. The van der Waals surface area contributed by atoms with Crippen LogP contribution in [0.3, 0.4) is 0 Å². The third-order valence-electron chi connectivity index (χ3n) is 2.65. The average Bonchev–Trinajstić information content (AvgIpc) is 2.09. The summed E-state index contributed by atoms with van der Waals surface area (Å²) in [7, 11) is 3.77. The Hall–Kier alpha value is -0.770. The van der Waals surface area contributed by atoms with E-state index in [9.17, 15) is 4.79 Å². The van der Waals surface area contributed by atoms with Gasteiger partial charge in [0.25, 0.3) is 0 Å². The molecule has 0 spiro atoms. The highest BCUT2D eigenvalue weighted by Crippen LogP contribution is 2.14. The number of likely N-dealkylation sites (tertiary alicyclic amines) is 1. The van der Waals surface area contributed by atoms with Crippen LogP contribution in [-0.4, -0.2) is 44.2 Å². The monoisotopic (exact) mass is 185 g/mol. The van der Waals surface area contributed by atoms with Crippen LogP contribution < -0.4 is 10.6 Å². The van der Waals surface area contributed by atoms with Gasteiger partial charge in [-0.05, 0) is 25.9 Å². The third kappa shape index (κ3) is 2.88. The molecule has 13 heavy (non-hydrogen) atoms. The number of urea groups is 1. The van der Waals surface area contributed by atoms with E-state index in [-0.39, 0.29) is 6.03 Å². The van der Waals surface area contributed by atoms with Gasteiger partial charge in [0.2, 0.25) is 0 Å². The van der Waals surface area contributed by atoms with Crippen molar-refractivity contribution in [2.45, 2.75) is 19.4 Å². The van der Waals surface area contributed by atoms with E-state index in [1.54, 1.807) is 7.05 Å². The number of amides is 2. The Labute approximate surface area is 79.7 Å². The molecule has 0 aliphatic carbocycles. The fourth-order valence-corrected chi connectivity index (χ4v) is 1.81. The molecule has 0 aromatic rings. The first-order valence-corrected chi connectivity index (χ1v) is 4.80. The lowest BCUT2D eigenvalue weighted by Crippen LogP contribution is -2.50. The molecule has 2 atom stereocenters. The molecule has 1 aliphatic rings. The van der Waals surface area contributed by atoms with Gasteiger partial charge >= 0.3 is 6.03 Å². The van der Waals surface area contributed by atoms with E-state index in [0.717, 1.165) is 19.5 Å². The van der Waals surface area contributed by atoms with E-state index in [0.29, 0.717) is 12.0 Å². The predicted octanol–water partition coefficient (Wildman–Crippen LogP) is 0.256. The zero-order valence-corrected chi connectivity index (χ0v) is 8.63. The smallest absolute Gasteiger partial charge is 0.314 e. The van der Waals surface area contributed by atoms with Crippen LogP contribution in [0.4, 0.5) is 4.79 Å². The van der Waals surface area contributed by atoms with Crippen molar-refractivity contribution in [1.29, 1.82) is 0 Å². The quantitative estimate of drug-likeness (QED) is 0.615. The Balaban J connectivity index is 2.38. The van der Waals surface area contributed by atoms with Crippen LogP contribution in [-0.2, 0) is 0 Å². The van der Waals surface area contributed by atoms with Crippen molar-refractivity contribution in [3.05, 3.63) is 0 Å².